The van der Waals surface area contributed by atoms with E-state index in [1.807, 2.05) is 26.0 Å². The van der Waals surface area contributed by atoms with Gasteiger partial charge in [-0.1, -0.05) is 28.1 Å². The maximum atomic E-state index is 12.4. The van der Waals surface area contributed by atoms with Crippen molar-refractivity contribution >= 4 is 47.6 Å². The van der Waals surface area contributed by atoms with Gasteiger partial charge in [0.25, 0.3) is 10.0 Å². The molecular weight excluding hydrogens is 406 g/mol. The minimum Gasteiger partial charge on any atom is -0.280 e. The number of nitrogens with one attached hydrogen (secondary N) is 1. The lowest BCUT2D eigenvalue weighted by atomic mass is 10.2. The Kier molecular flexibility index (Phi) is 4.56. The van der Waals surface area contributed by atoms with Gasteiger partial charge in [-0.2, -0.15) is 0 Å². The first-order valence-electron chi connectivity index (χ1n) is 5.85. The second-order valence-electron chi connectivity index (χ2n) is 4.51. The third kappa shape index (κ3) is 3.42. The van der Waals surface area contributed by atoms with Crippen LogP contribution in [-0.4, -0.2) is 8.42 Å². The van der Waals surface area contributed by atoms with Crippen LogP contribution >= 0.6 is 31.9 Å². The standard InChI is InChI=1S/C14H13Br2NO2S/c1-9-4-3-5-11(6-9)17-20(18,19)14-8-12(15)10(2)7-13(14)16/h3-8,17H,1-2H3. The van der Waals surface area contributed by atoms with Crippen molar-refractivity contribution in [3.8, 4) is 0 Å². The van der Waals surface area contributed by atoms with Crippen LogP contribution in [0.3, 0.4) is 0 Å². The maximum Gasteiger partial charge on any atom is 0.263 e. The summed E-state index contributed by atoms with van der Waals surface area (Å²) in [6, 6.07) is 10.6. The highest BCUT2D eigenvalue weighted by Gasteiger charge is 2.19. The van der Waals surface area contributed by atoms with E-state index in [-0.39, 0.29) is 4.90 Å². The van der Waals surface area contributed by atoms with Crippen LogP contribution in [0.25, 0.3) is 0 Å². The highest BCUT2D eigenvalue weighted by Crippen LogP contribution is 2.30. The SMILES string of the molecule is Cc1cccc(NS(=O)(=O)c2cc(Br)c(C)cc2Br)c1. The molecule has 0 saturated carbocycles. The van der Waals surface area contributed by atoms with Gasteiger partial charge in [0.05, 0.1) is 0 Å². The Morgan fingerprint density at radius 2 is 1.70 bits per heavy atom. The van der Waals surface area contributed by atoms with Crippen molar-refractivity contribution in [2.45, 2.75) is 18.7 Å². The van der Waals surface area contributed by atoms with E-state index in [0.717, 1.165) is 15.6 Å². The second kappa shape index (κ2) is 5.87. The maximum absolute atomic E-state index is 12.4. The fourth-order valence-corrected chi connectivity index (χ4v) is 4.48. The molecule has 0 radical (unpaired) electrons. The molecule has 0 atom stereocenters. The van der Waals surface area contributed by atoms with Gasteiger partial charge in [0.15, 0.2) is 0 Å². The van der Waals surface area contributed by atoms with Crippen molar-refractivity contribution in [2.75, 3.05) is 4.72 Å². The quantitative estimate of drug-likeness (QED) is 0.789. The number of hydrogen-bond acceptors (Lipinski definition) is 2. The van der Waals surface area contributed by atoms with Crippen LogP contribution in [0.4, 0.5) is 5.69 Å². The third-order valence-electron chi connectivity index (χ3n) is 2.77. The number of hydrogen-bond donors (Lipinski definition) is 1. The predicted octanol–water partition coefficient (Wildman–Crippen LogP) is 4.63. The Bertz CT molecular complexity index is 758. The molecule has 0 aromatic heterocycles. The van der Waals surface area contributed by atoms with E-state index in [0.29, 0.717) is 10.2 Å². The summed E-state index contributed by atoms with van der Waals surface area (Å²) in [7, 11) is -3.63. The lowest BCUT2D eigenvalue weighted by Gasteiger charge is -2.11. The average molecular weight is 419 g/mol. The molecule has 20 heavy (non-hydrogen) atoms. The molecule has 0 aliphatic rings. The average Bonchev–Trinajstić information content (AvgIpc) is 2.33. The van der Waals surface area contributed by atoms with Crippen LogP contribution in [-0.2, 0) is 10.0 Å². The number of rotatable bonds is 3. The van der Waals surface area contributed by atoms with Crippen LogP contribution in [0.5, 0.6) is 0 Å². The first-order valence-corrected chi connectivity index (χ1v) is 8.91. The van der Waals surface area contributed by atoms with Crippen LogP contribution < -0.4 is 4.72 Å². The number of benzene rings is 2. The highest BCUT2D eigenvalue weighted by atomic mass is 79.9. The Balaban J connectivity index is 2.43. The van der Waals surface area contributed by atoms with Crippen molar-refractivity contribution in [2.24, 2.45) is 0 Å². The molecule has 2 rings (SSSR count). The topological polar surface area (TPSA) is 46.2 Å². The van der Waals surface area contributed by atoms with E-state index in [1.54, 1.807) is 24.3 Å². The molecule has 0 amide bonds. The van der Waals surface area contributed by atoms with Gasteiger partial charge in [0, 0.05) is 14.6 Å². The van der Waals surface area contributed by atoms with Gasteiger partial charge in [-0.25, -0.2) is 8.42 Å². The van der Waals surface area contributed by atoms with Gasteiger partial charge in [-0.3, -0.25) is 4.72 Å². The van der Waals surface area contributed by atoms with Gasteiger partial charge < -0.3 is 0 Å². The molecule has 3 nitrogen and oxygen atoms in total. The molecule has 0 saturated heterocycles. The summed E-state index contributed by atoms with van der Waals surface area (Å²) in [5.41, 5.74) is 2.51. The normalized spacial score (nSPS) is 11.4. The molecular formula is C14H13Br2NO2S. The summed E-state index contributed by atoms with van der Waals surface area (Å²) < 4.78 is 28.7. The summed E-state index contributed by atoms with van der Waals surface area (Å²) in [5.74, 6) is 0. The summed E-state index contributed by atoms with van der Waals surface area (Å²) >= 11 is 6.66. The second-order valence-corrected chi connectivity index (χ2v) is 7.87. The van der Waals surface area contributed by atoms with Crippen molar-refractivity contribution in [1.29, 1.82) is 0 Å². The van der Waals surface area contributed by atoms with Crippen LogP contribution in [0.15, 0.2) is 50.2 Å². The molecule has 106 valence electrons. The first-order chi connectivity index (χ1) is 9.29. The first kappa shape index (κ1) is 15.5. The van der Waals surface area contributed by atoms with Crippen molar-refractivity contribution in [3.63, 3.8) is 0 Å². The summed E-state index contributed by atoms with van der Waals surface area (Å²) in [4.78, 5) is 0.205. The molecule has 2 aromatic rings. The number of sulfonamides is 1. The number of anilines is 1. The fourth-order valence-electron chi connectivity index (χ4n) is 1.75. The highest BCUT2D eigenvalue weighted by molar-refractivity contribution is 9.11. The zero-order valence-electron chi connectivity index (χ0n) is 10.9. The molecule has 0 aliphatic heterocycles. The van der Waals surface area contributed by atoms with E-state index < -0.39 is 10.0 Å². The van der Waals surface area contributed by atoms with Crippen molar-refractivity contribution in [1.82, 2.24) is 0 Å². The predicted molar refractivity (Wildman–Crippen MR) is 88.6 cm³/mol. The van der Waals surface area contributed by atoms with Gasteiger partial charge in [-0.15, -0.1) is 0 Å². The summed E-state index contributed by atoms with van der Waals surface area (Å²) in [6.45, 7) is 3.81. The third-order valence-corrected chi connectivity index (χ3v) is 5.97. The van der Waals surface area contributed by atoms with Crippen LogP contribution in [0, 0.1) is 13.8 Å². The molecule has 6 heteroatoms. The van der Waals surface area contributed by atoms with E-state index in [1.165, 1.54) is 0 Å². The van der Waals surface area contributed by atoms with Gasteiger partial charge in [0.1, 0.15) is 4.90 Å². The van der Waals surface area contributed by atoms with Crippen molar-refractivity contribution < 1.29 is 8.42 Å². The number of aryl methyl sites for hydroxylation is 2. The lowest BCUT2D eigenvalue weighted by Crippen LogP contribution is -2.13. The summed E-state index contributed by atoms with van der Waals surface area (Å²) in [5, 5.41) is 0. The molecule has 0 bridgehead atoms. The molecule has 0 unspecified atom stereocenters. The molecule has 0 heterocycles. The van der Waals surface area contributed by atoms with Gasteiger partial charge in [0.2, 0.25) is 0 Å². The minimum absolute atomic E-state index is 0.205. The van der Waals surface area contributed by atoms with Gasteiger partial charge >= 0.3 is 0 Å². The smallest absolute Gasteiger partial charge is 0.263 e. The van der Waals surface area contributed by atoms with Gasteiger partial charge in [-0.05, 0) is 65.2 Å². The minimum atomic E-state index is -3.63. The van der Waals surface area contributed by atoms with E-state index in [9.17, 15) is 8.42 Å². The molecule has 0 fully saturated rings. The van der Waals surface area contributed by atoms with E-state index in [2.05, 4.69) is 36.6 Å². The Morgan fingerprint density at radius 3 is 2.35 bits per heavy atom. The van der Waals surface area contributed by atoms with Crippen LogP contribution in [0.1, 0.15) is 11.1 Å². The molecule has 1 N–H and O–H groups in total. The zero-order chi connectivity index (χ0) is 14.9. The molecule has 2 aromatic carbocycles. The lowest BCUT2D eigenvalue weighted by molar-refractivity contribution is 0.600. The van der Waals surface area contributed by atoms with E-state index in [4.69, 9.17) is 0 Å². The Hall–Kier alpha value is -0.850. The van der Waals surface area contributed by atoms with Crippen LogP contribution in [0.2, 0.25) is 0 Å². The Labute approximate surface area is 135 Å². The van der Waals surface area contributed by atoms with Crippen molar-refractivity contribution in [3.05, 3.63) is 56.5 Å². The fraction of sp³-hybridized carbons (Fsp3) is 0.143. The molecule has 0 spiro atoms. The van der Waals surface area contributed by atoms with E-state index >= 15 is 0 Å². The Morgan fingerprint density at radius 1 is 1.00 bits per heavy atom. The zero-order valence-corrected chi connectivity index (χ0v) is 14.9. The largest absolute Gasteiger partial charge is 0.280 e. The monoisotopic (exact) mass is 417 g/mol. The number of halogens is 2. The molecule has 0 aliphatic carbocycles. The summed E-state index contributed by atoms with van der Waals surface area (Å²) in [6.07, 6.45) is 0.